The van der Waals surface area contributed by atoms with Crippen molar-refractivity contribution in [3.63, 3.8) is 0 Å². The number of rotatable bonds is 4. The second kappa shape index (κ2) is 5.46. The number of amides is 1. The van der Waals surface area contributed by atoms with Gasteiger partial charge < -0.3 is 9.64 Å². The van der Waals surface area contributed by atoms with Crippen LogP contribution in [0.1, 0.15) is 34.9 Å². The maximum Gasteiger partial charge on any atom is 0.261 e. The molecule has 0 spiro atoms. The smallest absolute Gasteiger partial charge is 0.261 e. The third kappa shape index (κ3) is 2.79. The highest BCUT2D eigenvalue weighted by molar-refractivity contribution is 6.04. The van der Waals surface area contributed by atoms with Crippen LogP contribution in [0.5, 0.6) is 11.6 Å². The molecule has 1 saturated heterocycles. The molecule has 2 heterocycles. The molecule has 6 heteroatoms. The maximum atomic E-state index is 12.5. The SMILES string of the molecule is O=C1CN(C(=O)c2cnc(C3CC3)nc2Oc2ccccc2)C1. The summed E-state index contributed by atoms with van der Waals surface area (Å²) in [4.78, 5) is 33.8. The molecule has 1 aromatic carbocycles. The Balaban J connectivity index is 1.66. The minimum atomic E-state index is -0.266. The van der Waals surface area contributed by atoms with E-state index >= 15 is 0 Å². The van der Waals surface area contributed by atoms with Gasteiger partial charge in [-0.3, -0.25) is 9.59 Å². The number of Topliss-reactive ketones (excluding diaryl/α,β-unsaturated/α-hetero) is 1. The molecule has 2 aromatic rings. The minimum Gasteiger partial charge on any atom is -0.438 e. The van der Waals surface area contributed by atoms with Gasteiger partial charge in [0.05, 0.1) is 13.1 Å². The zero-order valence-corrected chi connectivity index (χ0v) is 12.4. The number of hydrogen-bond donors (Lipinski definition) is 0. The van der Waals surface area contributed by atoms with E-state index < -0.39 is 0 Å². The molecular formula is C17H15N3O3. The van der Waals surface area contributed by atoms with E-state index in [-0.39, 0.29) is 30.7 Å². The molecule has 1 aliphatic heterocycles. The number of benzene rings is 1. The van der Waals surface area contributed by atoms with E-state index in [0.717, 1.165) is 12.8 Å². The third-order valence-electron chi connectivity index (χ3n) is 3.92. The number of carbonyl (C=O) groups excluding carboxylic acids is 2. The first-order valence-corrected chi connectivity index (χ1v) is 7.61. The third-order valence-corrected chi connectivity index (χ3v) is 3.92. The summed E-state index contributed by atoms with van der Waals surface area (Å²) in [5.74, 6) is 1.74. The van der Waals surface area contributed by atoms with Crippen LogP contribution in [0.25, 0.3) is 0 Å². The van der Waals surface area contributed by atoms with Crippen LogP contribution in [0, 0.1) is 0 Å². The second-order valence-electron chi connectivity index (χ2n) is 5.84. The van der Waals surface area contributed by atoms with Crippen LogP contribution in [0.2, 0.25) is 0 Å². The first kappa shape index (κ1) is 13.9. The molecule has 6 nitrogen and oxygen atoms in total. The van der Waals surface area contributed by atoms with Crippen LogP contribution >= 0.6 is 0 Å². The summed E-state index contributed by atoms with van der Waals surface area (Å²) in [6.07, 6.45) is 3.65. The Morgan fingerprint density at radius 3 is 2.57 bits per heavy atom. The van der Waals surface area contributed by atoms with Gasteiger partial charge in [0.15, 0.2) is 5.78 Å². The van der Waals surface area contributed by atoms with Crippen molar-refractivity contribution in [3.8, 4) is 11.6 Å². The van der Waals surface area contributed by atoms with Gasteiger partial charge in [0.25, 0.3) is 5.91 Å². The number of ether oxygens (including phenoxy) is 1. The van der Waals surface area contributed by atoms with Crippen molar-refractivity contribution in [2.24, 2.45) is 0 Å². The molecule has 1 aromatic heterocycles. The number of hydrogen-bond acceptors (Lipinski definition) is 5. The zero-order valence-electron chi connectivity index (χ0n) is 12.4. The molecule has 0 bridgehead atoms. The number of ketones is 1. The van der Waals surface area contributed by atoms with E-state index in [1.165, 1.54) is 11.1 Å². The van der Waals surface area contributed by atoms with Crippen molar-refractivity contribution in [3.05, 3.63) is 47.9 Å². The minimum absolute atomic E-state index is 0.0550. The largest absolute Gasteiger partial charge is 0.438 e. The van der Waals surface area contributed by atoms with Gasteiger partial charge in [-0.05, 0) is 25.0 Å². The molecular weight excluding hydrogens is 294 g/mol. The molecule has 0 unspecified atom stereocenters. The van der Waals surface area contributed by atoms with Crippen molar-refractivity contribution >= 4 is 11.7 Å². The van der Waals surface area contributed by atoms with Gasteiger partial charge >= 0.3 is 0 Å². The Bertz CT molecular complexity index is 764. The van der Waals surface area contributed by atoms with Gasteiger partial charge in [-0.2, -0.15) is 4.98 Å². The van der Waals surface area contributed by atoms with E-state index in [9.17, 15) is 9.59 Å². The number of carbonyl (C=O) groups is 2. The Morgan fingerprint density at radius 2 is 1.91 bits per heavy atom. The van der Waals surface area contributed by atoms with Crippen molar-refractivity contribution in [2.45, 2.75) is 18.8 Å². The van der Waals surface area contributed by atoms with Gasteiger partial charge in [0.1, 0.15) is 17.1 Å². The Kier molecular flexibility index (Phi) is 3.29. The molecule has 1 saturated carbocycles. The highest BCUT2D eigenvalue weighted by atomic mass is 16.5. The highest BCUT2D eigenvalue weighted by Gasteiger charge is 2.33. The first-order chi connectivity index (χ1) is 11.2. The molecule has 2 aliphatic rings. The van der Waals surface area contributed by atoms with Gasteiger partial charge in [-0.25, -0.2) is 4.98 Å². The maximum absolute atomic E-state index is 12.5. The zero-order chi connectivity index (χ0) is 15.8. The molecule has 23 heavy (non-hydrogen) atoms. The number of nitrogens with zero attached hydrogens (tertiary/aromatic N) is 3. The molecule has 4 rings (SSSR count). The second-order valence-corrected chi connectivity index (χ2v) is 5.84. The van der Waals surface area contributed by atoms with E-state index in [0.29, 0.717) is 23.1 Å². The normalized spacial score (nSPS) is 16.9. The Hall–Kier alpha value is -2.76. The number of likely N-dealkylation sites (tertiary alicyclic amines) is 1. The summed E-state index contributed by atoms with van der Waals surface area (Å²) in [6.45, 7) is 0.294. The monoisotopic (exact) mass is 309 g/mol. The van der Waals surface area contributed by atoms with E-state index in [4.69, 9.17) is 4.74 Å². The summed E-state index contributed by atoms with van der Waals surface area (Å²) < 4.78 is 5.81. The summed E-state index contributed by atoms with van der Waals surface area (Å²) in [7, 11) is 0. The van der Waals surface area contributed by atoms with Gasteiger partial charge in [0.2, 0.25) is 5.88 Å². The van der Waals surface area contributed by atoms with Crippen molar-refractivity contribution in [2.75, 3.05) is 13.1 Å². The average Bonchev–Trinajstić information content (AvgIpc) is 3.37. The first-order valence-electron chi connectivity index (χ1n) is 7.61. The van der Waals surface area contributed by atoms with Crippen LogP contribution in [0.4, 0.5) is 0 Å². The average molecular weight is 309 g/mol. The lowest BCUT2D eigenvalue weighted by molar-refractivity contribution is -0.127. The molecule has 1 amide bonds. The predicted molar refractivity (Wildman–Crippen MR) is 81.4 cm³/mol. The van der Waals surface area contributed by atoms with Crippen LogP contribution in [-0.4, -0.2) is 39.6 Å². The quantitative estimate of drug-likeness (QED) is 0.865. The summed E-state index contributed by atoms with van der Waals surface area (Å²) in [5, 5.41) is 0. The number of para-hydroxylation sites is 1. The fourth-order valence-corrected chi connectivity index (χ4v) is 2.44. The molecule has 116 valence electrons. The van der Waals surface area contributed by atoms with Gasteiger partial charge in [-0.15, -0.1) is 0 Å². The van der Waals surface area contributed by atoms with E-state index in [2.05, 4.69) is 9.97 Å². The predicted octanol–water partition coefficient (Wildman–Crippen LogP) is 2.17. The topological polar surface area (TPSA) is 72.4 Å². The summed E-state index contributed by atoms with van der Waals surface area (Å²) in [6, 6.07) is 9.21. The van der Waals surface area contributed by atoms with Crippen LogP contribution in [-0.2, 0) is 4.79 Å². The van der Waals surface area contributed by atoms with E-state index in [1.807, 2.05) is 18.2 Å². The highest BCUT2D eigenvalue weighted by Crippen LogP contribution is 2.39. The standard InChI is InChI=1S/C17H15N3O3/c21-12-9-20(10-12)17(22)14-8-18-15(11-6-7-11)19-16(14)23-13-4-2-1-3-5-13/h1-5,8,11H,6-7,9-10H2. The van der Waals surface area contributed by atoms with Gasteiger partial charge in [0, 0.05) is 12.1 Å². The van der Waals surface area contributed by atoms with Crippen LogP contribution in [0.15, 0.2) is 36.5 Å². The summed E-state index contributed by atoms with van der Waals surface area (Å²) in [5.41, 5.74) is 0.297. The van der Waals surface area contributed by atoms with Crippen LogP contribution < -0.4 is 4.74 Å². The number of aromatic nitrogens is 2. The molecule has 2 fully saturated rings. The molecule has 0 atom stereocenters. The lowest BCUT2D eigenvalue weighted by atomic mass is 10.1. The molecule has 1 aliphatic carbocycles. The lowest BCUT2D eigenvalue weighted by Crippen LogP contribution is -2.50. The molecule has 0 N–H and O–H groups in total. The van der Waals surface area contributed by atoms with Crippen LogP contribution in [0.3, 0.4) is 0 Å². The van der Waals surface area contributed by atoms with Crippen molar-refractivity contribution in [1.82, 2.24) is 14.9 Å². The van der Waals surface area contributed by atoms with Crippen molar-refractivity contribution in [1.29, 1.82) is 0 Å². The Labute approximate surface area is 133 Å². The Morgan fingerprint density at radius 1 is 1.17 bits per heavy atom. The van der Waals surface area contributed by atoms with Gasteiger partial charge in [-0.1, -0.05) is 18.2 Å². The lowest BCUT2D eigenvalue weighted by Gasteiger charge is -2.29. The fourth-order valence-electron chi connectivity index (χ4n) is 2.44. The molecule has 0 radical (unpaired) electrons. The summed E-state index contributed by atoms with van der Waals surface area (Å²) >= 11 is 0. The van der Waals surface area contributed by atoms with Crippen molar-refractivity contribution < 1.29 is 14.3 Å². The van der Waals surface area contributed by atoms with E-state index in [1.54, 1.807) is 12.1 Å². The fraction of sp³-hybridized carbons (Fsp3) is 0.294.